The van der Waals surface area contributed by atoms with Crippen LogP contribution < -0.4 is 5.32 Å². The third-order valence-corrected chi connectivity index (χ3v) is 5.58. The molecule has 6 nitrogen and oxygen atoms in total. The number of nitrogens with zero attached hydrogens (tertiary/aromatic N) is 3. The van der Waals surface area contributed by atoms with E-state index in [1.165, 1.54) is 12.8 Å². The van der Waals surface area contributed by atoms with Gasteiger partial charge in [0.05, 0.1) is 0 Å². The van der Waals surface area contributed by atoms with E-state index in [1.807, 2.05) is 18.2 Å². The van der Waals surface area contributed by atoms with Gasteiger partial charge in [-0.15, -0.1) is 0 Å². The number of imidazole rings is 1. The lowest BCUT2D eigenvalue weighted by atomic mass is 9.98. The van der Waals surface area contributed by atoms with Gasteiger partial charge in [-0.25, -0.2) is 9.98 Å². The van der Waals surface area contributed by atoms with Gasteiger partial charge in [-0.05, 0) is 49.3 Å². The summed E-state index contributed by atoms with van der Waals surface area (Å²) in [5.74, 6) is 1.94. The Morgan fingerprint density at radius 2 is 2.25 bits per heavy atom. The van der Waals surface area contributed by atoms with E-state index in [2.05, 4.69) is 31.3 Å². The fourth-order valence-corrected chi connectivity index (χ4v) is 3.69. The van der Waals surface area contributed by atoms with Crippen molar-refractivity contribution in [2.45, 2.75) is 25.7 Å². The van der Waals surface area contributed by atoms with Gasteiger partial charge in [0.2, 0.25) is 11.8 Å². The van der Waals surface area contributed by atoms with Crippen molar-refractivity contribution < 1.29 is 5.11 Å². The minimum absolute atomic E-state index is 0.0299. The topological polar surface area (TPSA) is 86.2 Å². The molecule has 0 aromatic carbocycles. The third kappa shape index (κ3) is 3.36. The van der Waals surface area contributed by atoms with E-state index in [4.69, 9.17) is 11.6 Å². The van der Waals surface area contributed by atoms with E-state index in [-0.39, 0.29) is 5.88 Å². The molecule has 3 N–H and O–H groups in total. The Bertz CT molecular complexity index is 1060. The molecule has 0 unspecified atom stereocenters. The Hall–Kier alpha value is -2.86. The van der Waals surface area contributed by atoms with Crippen LogP contribution in [0.4, 0.5) is 11.8 Å². The van der Waals surface area contributed by atoms with Crippen molar-refractivity contribution in [2.75, 3.05) is 11.9 Å². The van der Waals surface area contributed by atoms with Crippen LogP contribution in [-0.2, 0) is 0 Å². The first-order valence-corrected chi connectivity index (χ1v) is 9.90. The summed E-state index contributed by atoms with van der Waals surface area (Å²) in [7, 11) is 0. The number of fused-ring (bicyclic) bond motifs is 1. The number of hydrogen-bond acceptors (Lipinski definition) is 5. The summed E-state index contributed by atoms with van der Waals surface area (Å²) >= 11 is 6.42. The monoisotopic (exact) mass is 393 g/mol. The molecule has 5 rings (SSSR count). The number of aromatic nitrogens is 3. The number of hydrogen-bond donors (Lipinski definition) is 3. The average Bonchev–Trinajstić information content (AvgIpc) is 3.36. The molecular weight excluding hydrogens is 374 g/mol. The van der Waals surface area contributed by atoms with Gasteiger partial charge in [0.1, 0.15) is 5.69 Å². The van der Waals surface area contributed by atoms with Gasteiger partial charge < -0.3 is 15.4 Å². The molecule has 2 aliphatic carbocycles. The van der Waals surface area contributed by atoms with Crippen LogP contribution in [0.5, 0.6) is 5.88 Å². The Morgan fingerprint density at radius 1 is 1.36 bits per heavy atom. The second kappa shape index (κ2) is 6.95. The first-order valence-electron chi connectivity index (χ1n) is 9.52. The zero-order chi connectivity index (χ0) is 19.1. The highest BCUT2D eigenvalue weighted by molar-refractivity contribution is 6.33. The summed E-state index contributed by atoms with van der Waals surface area (Å²) in [4.78, 5) is 16.2. The lowest BCUT2D eigenvalue weighted by Gasteiger charge is -2.11. The number of aromatic amines is 1. The van der Waals surface area contributed by atoms with E-state index in [0.29, 0.717) is 17.5 Å². The van der Waals surface area contributed by atoms with Crippen molar-refractivity contribution in [3.8, 4) is 5.88 Å². The highest BCUT2D eigenvalue weighted by Gasteiger charge is 2.22. The summed E-state index contributed by atoms with van der Waals surface area (Å²) in [5, 5.41) is 14.3. The molecule has 3 aliphatic rings. The van der Waals surface area contributed by atoms with Crippen molar-refractivity contribution in [2.24, 2.45) is 10.9 Å². The van der Waals surface area contributed by atoms with E-state index in [0.717, 1.165) is 52.6 Å². The quantitative estimate of drug-likeness (QED) is 0.675. The molecule has 1 aliphatic heterocycles. The van der Waals surface area contributed by atoms with E-state index in [9.17, 15) is 5.11 Å². The minimum Gasteiger partial charge on any atom is -0.492 e. The molecule has 28 heavy (non-hydrogen) atoms. The van der Waals surface area contributed by atoms with Crippen molar-refractivity contribution in [3.05, 3.63) is 46.3 Å². The number of rotatable bonds is 5. The van der Waals surface area contributed by atoms with Crippen LogP contribution in [0.3, 0.4) is 0 Å². The number of pyridine rings is 1. The Balaban J connectivity index is 1.45. The fraction of sp³-hybridized carbons (Fsp3) is 0.286. The largest absolute Gasteiger partial charge is 0.492 e. The first kappa shape index (κ1) is 17.3. The maximum atomic E-state index is 10.2. The third-order valence-electron chi connectivity index (χ3n) is 5.19. The summed E-state index contributed by atoms with van der Waals surface area (Å²) < 4.78 is 0. The van der Waals surface area contributed by atoms with Gasteiger partial charge in [-0.2, -0.15) is 4.98 Å². The van der Waals surface area contributed by atoms with Gasteiger partial charge >= 0.3 is 0 Å². The van der Waals surface area contributed by atoms with Crippen molar-refractivity contribution in [3.63, 3.8) is 0 Å². The van der Waals surface area contributed by atoms with Gasteiger partial charge in [0.25, 0.3) is 0 Å². The molecule has 1 fully saturated rings. The standard InChI is InChI=1S/C21H20ClN5O/c22-17-4-2-1-3-15(17)13-7-16-14(11-24-19(16)23-10-13)8-18-20(28)27-21(26-18)25-9-12-5-6-12/h1,3,7-8,10-12,28H,2,4-6,9H2,(H2,25,26,27). The first-order chi connectivity index (χ1) is 13.7. The molecule has 2 aromatic heterocycles. The van der Waals surface area contributed by atoms with Crippen LogP contribution in [0.15, 0.2) is 34.4 Å². The van der Waals surface area contributed by atoms with Crippen molar-refractivity contribution in [1.29, 1.82) is 0 Å². The molecule has 0 bridgehead atoms. The normalized spacial score (nSPS) is 19.5. The number of nitrogens with one attached hydrogen (secondary N) is 2. The second-order valence-electron chi connectivity index (χ2n) is 7.36. The van der Waals surface area contributed by atoms with Crippen molar-refractivity contribution in [1.82, 2.24) is 15.0 Å². The Morgan fingerprint density at radius 3 is 3.07 bits per heavy atom. The Labute approximate surface area is 167 Å². The summed E-state index contributed by atoms with van der Waals surface area (Å²) in [6, 6.07) is 2.05. The predicted molar refractivity (Wildman–Crippen MR) is 113 cm³/mol. The zero-order valence-corrected chi connectivity index (χ0v) is 16.0. The molecule has 2 aromatic rings. The molecule has 0 spiro atoms. The van der Waals surface area contributed by atoms with Gasteiger partial charge in [-0.3, -0.25) is 0 Å². The molecule has 1 saturated carbocycles. The maximum Gasteiger partial charge on any atom is 0.238 e. The molecule has 0 radical (unpaired) electrons. The average molecular weight is 394 g/mol. The number of halogens is 1. The number of anilines is 1. The van der Waals surface area contributed by atoms with Gasteiger partial charge in [-0.1, -0.05) is 23.8 Å². The van der Waals surface area contributed by atoms with Gasteiger partial charge in [0, 0.05) is 40.7 Å². The van der Waals surface area contributed by atoms with Crippen LogP contribution in [0.2, 0.25) is 0 Å². The fourth-order valence-electron chi connectivity index (χ4n) is 3.40. The Kier molecular flexibility index (Phi) is 4.28. The predicted octanol–water partition coefficient (Wildman–Crippen LogP) is 4.89. The number of H-pyrrole nitrogens is 1. The highest BCUT2D eigenvalue weighted by atomic mass is 35.5. The number of aromatic hydroxyl groups is 1. The molecule has 3 heterocycles. The lowest BCUT2D eigenvalue weighted by molar-refractivity contribution is 0.455. The van der Waals surface area contributed by atoms with Crippen LogP contribution in [-0.4, -0.2) is 32.8 Å². The smallest absolute Gasteiger partial charge is 0.238 e. The second-order valence-corrected chi connectivity index (χ2v) is 7.82. The number of aliphatic imine (C=N–C) groups is 1. The van der Waals surface area contributed by atoms with E-state index in [1.54, 1.807) is 12.4 Å². The SMILES string of the molecule is Oc1nc(NCC2CC2)[nH]c1C=C1C=Nc2ncc(C3=C(Cl)CCC=C3)cc21. The molecule has 142 valence electrons. The van der Waals surface area contributed by atoms with Crippen LogP contribution in [0.25, 0.3) is 17.2 Å². The number of allylic oxidation sites excluding steroid dienone is 5. The minimum atomic E-state index is -0.0299. The van der Waals surface area contributed by atoms with Crippen LogP contribution in [0, 0.1) is 5.92 Å². The molecule has 0 amide bonds. The molecule has 0 atom stereocenters. The van der Waals surface area contributed by atoms with Crippen molar-refractivity contribution >= 4 is 46.8 Å². The zero-order valence-electron chi connectivity index (χ0n) is 15.2. The maximum absolute atomic E-state index is 10.2. The molecule has 0 saturated heterocycles. The van der Waals surface area contributed by atoms with E-state index < -0.39 is 0 Å². The van der Waals surface area contributed by atoms with Crippen LogP contribution in [0.1, 0.15) is 42.5 Å². The van der Waals surface area contributed by atoms with Crippen LogP contribution >= 0.6 is 11.6 Å². The van der Waals surface area contributed by atoms with Gasteiger partial charge in [0.15, 0.2) is 5.82 Å². The molecule has 7 heteroatoms. The van der Waals surface area contributed by atoms with E-state index >= 15 is 0 Å². The summed E-state index contributed by atoms with van der Waals surface area (Å²) in [6.07, 6.45) is 13.9. The molecular formula is C21H20ClN5O. The highest BCUT2D eigenvalue weighted by Crippen LogP contribution is 2.36. The summed E-state index contributed by atoms with van der Waals surface area (Å²) in [6.45, 7) is 0.879. The summed E-state index contributed by atoms with van der Waals surface area (Å²) in [5.41, 5.74) is 4.30. The lowest BCUT2D eigenvalue weighted by Crippen LogP contribution is -2.04.